The van der Waals surface area contributed by atoms with Crippen molar-refractivity contribution >= 4 is 0 Å². The highest BCUT2D eigenvalue weighted by atomic mass is 14.4. The van der Waals surface area contributed by atoms with Crippen LogP contribution in [0.4, 0.5) is 0 Å². The maximum absolute atomic E-state index is 2.41. The molecule has 0 nitrogen and oxygen atoms in total. The molecule has 0 spiro atoms. The summed E-state index contributed by atoms with van der Waals surface area (Å²) in [4.78, 5) is 0. The molecule has 4 aromatic rings. The number of hydrogen-bond donors (Lipinski definition) is 0. The van der Waals surface area contributed by atoms with E-state index in [0.717, 1.165) is 24.7 Å². The molecule has 0 saturated carbocycles. The van der Waals surface area contributed by atoms with E-state index in [1.807, 2.05) is 0 Å². The van der Waals surface area contributed by atoms with Crippen molar-refractivity contribution in [3.05, 3.63) is 153 Å². The Labute approximate surface area is 332 Å². The second-order valence-electron chi connectivity index (χ2n) is 20.9. The molecule has 8 rings (SSSR count). The second-order valence-corrected chi connectivity index (χ2v) is 20.9. The van der Waals surface area contributed by atoms with Crippen molar-refractivity contribution in [3.8, 4) is 0 Å². The van der Waals surface area contributed by atoms with Gasteiger partial charge in [0.15, 0.2) is 0 Å². The minimum atomic E-state index is 0.315. The fourth-order valence-corrected chi connectivity index (χ4v) is 9.16. The number of benzene rings is 4. The van der Waals surface area contributed by atoms with Crippen LogP contribution in [0, 0.1) is 22.2 Å². The SMILES string of the molecule is CC(C)(C)C1=CCc2ccccc2C1.CC(C)(C)C1CCCc2ccccc21.CC(C)(C)C1Cc2ccccc2C1.CC(C)(C)c1cccc2c1CCC2. The first-order chi connectivity index (χ1) is 25.3. The maximum Gasteiger partial charge on any atom is -0.00589 e. The Hall–Kier alpha value is -3.38. The molecule has 0 fully saturated rings. The molecule has 0 bridgehead atoms. The fraction of sp³-hybridized carbons (Fsp3) is 0.519. The molecule has 0 saturated heterocycles. The summed E-state index contributed by atoms with van der Waals surface area (Å²) in [5.74, 6) is 1.59. The first kappa shape index (κ1) is 41.8. The van der Waals surface area contributed by atoms with Gasteiger partial charge in [0.1, 0.15) is 0 Å². The summed E-state index contributed by atoms with van der Waals surface area (Å²) < 4.78 is 0. The zero-order valence-electron chi connectivity index (χ0n) is 36.5. The van der Waals surface area contributed by atoms with Crippen molar-refractivity contribution in [1.29, 1.82) is 0 Å². The van der Waals surface area contributed by atoms with Crippen LogP contribution in [-0.2, 0) is 50.4 Å². The number of aryl methyl sites for hydroxylation is 2. The third-order valence-corrected chi connectivity index (χ3v) is 12.7. The molecule has 0 aliphatic heterocycles. The van der Waals surface area contributed by atoms with Crippen molar-refractivity contribution in [2.45, 2.75) is 159 Å². The molecule has 0 N–H and O–H groups in total. The topological polar surface area (TPSA) is 0 Å². The van der Waals surface area contributed by atoms with Crippen LogP contribution in [0.1, 0.15) is 158 Å². The zero-order valence-corrected chi connectivity index (χ0v) is 36.5. The molecule has 0 radical (unpaired) electrons. The lowest BCUT2D eigenvalue weighted by molar-refractivity contribution is 0.251. The molecule has 1 unspecified atom stereocenters. The predicted octanol–water partition coefficient (Wildman–Crippen LogP) is 14.8. The van der Waals surface area contributed by atoms with Crippen LogP contribution in [0.25, 0.3) is 0 Å². The largest absolute Gasteiger partial charge is 0.0801 e. The van der Waals surface area contributed by atoms with Crippen LogP contribution in [0.5, 0.6) is 0 Å². The summed E-state index contributed by atoms with van der Waals surface area (Å²) in [6, 6.07) is 33.4. The van der Waals surface area contributed by atoms with E-state index < -0.39 is 0 Å². The minimum Gasteiger partial charge on any atom is -0.0801 e. The summed E-state index contributed by atoms with van der Waals surface area (Å²) in [5, 5.41) is 0. The van der Waals surface area contributed by atoms with Crippen LogP contribution in [0.15, 0.2) is 103 Å². The Morgan fingerprint density at radius 1 is 0.463 bits per heavy atom. The highest BCUT2D eigenvalue weighted by molar-refractivity contribution is 5.42. The van der Waals surface area contributed by atoms with E-state index in [1.165, 1.54) is 62.5 Å². The number of fused-ring (bicyclic) bond motifs is 4. The third kappa shape index (κ3) is 10.9. The lowest BCUT2D eigenvalue weighted by Gasteiger charge is -2.35. The number of allylic oxidation sites excluding steroid dienone is 2. The predicted molar refractivity (Wildman–Crippen MR) is 237 cm³/mol. The van der Waals surface area contributed by atoms with E-state index in [4.69, 9.17) is 0 Å². The van der Waals surface area contributed by atoms with Crippen LogP contribution in [0.3, 0.4) is 0 Å². The summed E-state index contributed by atoms with van der Waals surface area (Å²) in [6.07, 6.45) is 15.1. The molecule has 54 heavy (non-hydrogen) atoms. The molecule has 1 atom stereocenters. The number of hydrogen-bond acceptors (Lipinski definition) is 0. The van der Waals surface area contributed by atoms with Gasteiger partial charge >= 0.3 is 0 Å². The van der Waals surface area contributed by atoms with E-state index in [9.17, 15) is 0 Å². The molecule has 0 heterocycles. The van der Waals surface area contributed by atoms with E-state index >= 15 is 0 Å². The van der Waals surface area contributed by atoms with Crippen molar-refractivity contribution in [2.75, 3.05) is 0 Å². The van der Waals surface area contributed by atoms with Crippen molar-refractivity contribution < 1.29 is 0 Å². The standard InChI is InChI=1S/C14H20.C14H18.2C13H18/c1-14(2,3)13-10-6-8-11-7-4-5-9-12(11)13;1-14(2,3)13-9-8-11-6-4-5-7-12(11)10-13;1-13(2,3)12-9-5-7-10-6-4-8-11(10)12;1-13(2,3)12-8-10-6-4-5-7-11(10)9-12/h4-5,7,9,13H,6,8,10H2,1-3H3;4-7,9H,8,10H2,1-3H3;5,7,9H,4,6,8H2,1-3H3;4-7,12H,8-9H2,1-3H3. The molecule has 0 amide bonds. The summed E-state index contributed by atoms with van der Waals surface area (Å²) in [6.45, 7) is 27.9. The molecule has 0 aromatic heterocycles. The van der Waals surface area contributed by atoms with E-state index in [-0.39, 0.29) is 0 Å². The first-order valence-corrected chi connectivity index (χ1v) is 21.3. The first-order valence-electron chi connectivity index (χ1n) is 21.3. The van der Waals surface area contributed by atoms with Gasteiger partial charge in [0.05, 0.1) is 0 Å². The average molecular weight is 723 g/mol. The van der Waals surface area contributed by atoms with Crippen LogP contribution in [-0.4, -0.2) is 0 Å². The van der Waals surface area contributed by atoms with Crippen LogP contribution >= 0.6 is 0 Å². The lowest BCUT2D eigenvalue weighted by Crippen LogP contribution is -2.22. The highest BCUT2D eigenvalue weighted by Gasteiger charge is 2.31. The monoisotopic (exact) mass is 723 g/mol. The molecule has 4 aliphatic rings. The third-order valence-electron chi connectivity index (χ3n) is 12.7. The van der Waals surface area contributed by atoms with Gasteiger partial charge in [-0.15, -0.1) is 0 Å². The quantitative estimate of drug-likeness (QED) is 0.159. The van der Waals surface area contributed by atoms with Crippen molar-refractivity contribution in [2.24, 2.45) is 22.2 Å². The highest BCUT2D eigenvalue weighted by Crippen LogP contribution is 2.43. The molecule has 0 heteroatoms. The molecule has 290 valence electrons. The zero-order chi connectivity index (χ0) is 39.3. The Morgan fingerprint density at radius 3 is 1.57 bits per heavy atom. The van der Waals surface area contributed by atoms with Gasteiger partial charge in [-0.1, -0.05) is 186 Å². The van der Waals surface area contributed by atoms with Gasteiger partial charge in [0.2, 0.25) is 0 Å². The molecule has 4 aromatic carbocycles. The molecular weight excluding hydrogens is 649 g/mol. The van der Waals surface area contributed by atoms with Gasteiger partial charge in [0.25, 0.3) is 0 Å². The Morgan fingerprint density at radius 2 is 1.00 bits per heavy atom. The van der Waals surface area contributed by atoms with Gasteiger partial charge in [-0.3, -0.25) is 0 Å². The summed E-state index contributed by atoms with van der Waals surface area (Å²) >= 11 is 0. The normalized spacial score (nSPS) is 17.9. The lowest BCUT2D eigenvalue weighted by atomic mass is 9.69. The molecular formula is C54H74. The average Bonchev–Trinajstić information content (AvgIpc) is 3.79. The minimum absolute atomic E-state index is 0.315. The van der Waals surface area contributed by atoms with Gasteiger partial charge in [-0.2, -0.15) is 0 Å². The Kier molecular flexibility index (Phi) is 13.3. The summed E-state index contributed by atoms with van der Waals surface area (Å²) in [5.41, 5.74) is 17.2. The number of rotatable bonds is 0. The van der Waals surface area contributed by atoms with E-state index in [1.54, 1.807) is 44.5 Å². The van der Waals surface area contributed by atoms with Crippen LogP contribution in [0.2, 0.25) is 0 Å². The van der Waals surface area contributed by atoms with E-state index in [0.29, 0.717) is 21.7 Å². The van der Waals surface area contributed by atoms with Gasteiger partial charge < -0.3 is 0 Å². The van der Waals surface area contributed by atoms with Crippen molar-refractivity contribution in [1.82, 2.24) is 0 Å². The fourth-order valence-electron chi connectivity index (χ4n) is 9.16. The maximum atomic E-state index is 2.41. The second kappa shape index (κ2) is 17.2. The molecule has 4 aliphatic carbocycles. The smallest absolute Gasteiger partial charge is 0.00589 e. The van der Waals surface area contributed by atoms with Gasteiger partial charge in [0, 0.05) is 0 Å². The van der Waals surface area contributed by atoms with Crippen molar-refractivity contribution in [3.63, 3.8) is 0 Å². The van der Waals surface area contributed by atoms with Gasteiger partial charge in [-0.05, 0) is 148 Å². The Balaban J connectivity index is 0.000000139. The summed E-state index contributed by atoms with van der Waals surface area (Å²) in [7, 11) is 0. The van der Waals surface area contributed by atoms with Crippen LogP contribution < -0.4 is 0 Å². The van der Waals surface area contributed by atoms with E-state index in [2.05, 4.69) is 180 Å². The van der Waals surface area contributed by atoms with Gasteiger partial charge in [-0.25, -0.2) is 0 Å². The Bertz CT molecular complexity index is 1830.